The van der Waals surface area contributed by atoms with E-state index in [2.05, 4.69) is 55.2 Å². The number of furan rings is 4. The number of hydrogen-bond acceptors (Lipinski definition) is 5. The van der Waals surface area contributed by atoms with Crippen molar-refractivity contribution in [2.45, 2.75) is 210 Å². The normalized spacial score (nSPS) is 22.2. The van der Waals surface area contributed by atoms with E-state index in [4.69, 9.17) is 80.7 Å². The fraction of sp³-hybridized carbons (Fsp3) is 0.283. The van der Waals surface area contributed by atoms with E-state index in [-0.39, 0.29) is 94.6 Å². The summed E-state index contributed by atoms with van der Waals surface area (Å²) in [6.07, 6.45) is 6.94. The van der Waals surface area contributed by atoms with E-state index in [1.54, 1.807) is 132 Å². The third-order valence-corrected chi connectivity index (χ3v) is 28.2. The molecular formula is C127H127N5O4+4. The molecule has 0 radical (unpaired) electrons. The molecule has 9 heteroatoms. The van der Waals surface area contributed by atoms with E-state index in [9.17, 15) is 0 Å². The molecule has 0 aliphatic heterocycles. The number of fused-ring (bicyclic) bond motifs is 27. The van der Waals surface area contributed by atoms with Gasteiger partial charge in [0.15, 0.2) is 24.8 Å². The lowest BCUT2D eigenvalue weighted by molar-refractivity contribution is -0.661. The van der Waals surface area contributed by atoms with Crippen LogP contribution < -0.4 is 18.3 Å². The smallest absolute Gasteiger partial charge is 0.216 e. The average molecular weight is 1830 g/mol. The van der Waals surface area contributed by atoms with Crippen molar-refractivity contribution in [2.24, 2.45) is 28.2 Å². The molecule has 4 aliphatic carbocycles. The van der Waals surface area contributed by atoms with Gasteiger partial charge in [-0.25, -0.2) is 18.3 Å². The van der Waals surface area contributed by atoms with Crippen molar-refractivity contribution in [2.75, 3.05) is 0 Å². The van der Waals surface area contributed by atoms with E-state index < -0.39 is 136 Å². The molecule has 680 valence electrons. The van der Waals surface area contributed by atoms with Crippen LogP contribution >= 0.6 is 0 Å². The minimum Gasteiger partial charge on any atom is -0.455 e. The Kier molecular flexibility index (Phi) is 12.0. The lowest BCUT2D eigenvalue weighted by Gasteiger charge is -2.22. The van der Waals surface area contributed by atoms with Gasteiger partial charge >= 0.3 is 0 Å². The predicted octanol–water partition coefficient (Wildman–Crippen LogP) is 31.9. The number of aryl methyl sites for hydroxylation is 12. The summed E-state index contributed by atoms with van der Waals surface area (Å²) in [5.41, 5.74) is 9.57. The largest absolute Gasteiger partial charge is 0.455 e. The van der Waals surface area contributed by atoms with E-state index in [0.717, 1.165) is 27.5 Å². The summed E-state index contributed by atoms with van der Waals surface area (Å²) >= 11 is 0. The number of rotatable bonds is 8. The van der Waals surface area contributed by atoms with Crippen molar-refractivity contribution < 1.29 is 99.0 Å². The van der Waals surface area contributed by atoms with E-state index in [0.29, 0.717) is 150 Å². The molecule has 0 spiro atoms. The van der Waals surface area contributed by atoms with Crippen LogP contribution in [0.25, 0.3) is 177 Å². The van der Waals surface area contributed by atoms with E-state index >= 15 is 0 Å². The first-order valence-electron chi connectivity index (χ1n) is 67.8. The fourth-order valence-electron chi connectivity index (χ4n) is 21.5. The highest BCUT2D eigenvalue weighted by Gasteiger charge is 2.44. The highest BCUT2D eigenvalue weighted by atomic mass is 16.3. The Labute approximate surface area is 865 Å². The minimum absolute atomic E-state index is 0.0458. The zero-order chi connectivity index (χ0) is 134. The van der Waals surface area contributed by atoms with Crippen LogP contribution in [0.1, 0.15) is 308 Å². The maximum Gasteiger partial charge on any atom is 0.216 e. The van der Waals surface area contributed by atoms with Crippen molar-refractivity contribution in [3.63, 3.8) is 0 Å². The summed E-state index contributed by atoms with van der Waals surface area (Å²) in [5, 5.41) is 5.50. The van der Waals surface area contributed by atoms with Gasteiger partial charge in [0, 0.05) is 192 Å². The van der Waals surface area contributed by atoms with Gasteiger partial charge in [-0.2, -0.15) is 0 Å². The summed E-state index contributed by atoms with van der Waals surface area (Å²) in [4.78, 5) is 4.32. The van der Waals surface area contributed by atoms with Crippen LogP contribution in [0.4, 0.5) is 0 Å². The van der Waals surface area contributed by atoms with Gasteiger partial charge < -0.3 is 17.7 Å². The van der Waals surface area contributed by atoms with Gasteiger partial charge in [0.25, 0.3) is 0 Å². The number of aromatic nitrogens is 5. The molecule has 9 aromatic heterocycles. The molecule has 136 heavy (non-hydrogen) atoms. The molecular weight excluding hydrogens is 1660 g/mol. The summed E-state index contributed by atoms with van der Waals surface area (Å²) in [5.74, 6) is -8.79. The standard InChI is InChI=1S/3C32H32NO.C31H31N2O/c1-18(2)25-17-33(7)28(14-20(25)4)30-19(3)12-13-22-24-15-23-21-10-8-9-11-26(21)32(5,6)27(23)16-29(24)34-31(22)30;1-18(2)24-17-33(7)26(16-20(24)4)28-19(3)12-13-23-29-27(34-31(23)28)15-14-22-21-10-8-9-11-25(21)32(5,6)30(22)29;1-18(2)23-17-33(7)26(16-20(23)4)28-19(3)12-13-22-30-27(34-31(22)28)15-14-25-29(30)21-10-8-9-11-24(21)32(25,5)6;1-17(2)23-16-33(7)25(15-19(23)4)26-18(3)10-11-20-21-12-13-24-27(29(21)34-28(20)26)22-9-8-14-32-30(22)31(24,5)6/h3*8-18H,1-7H3;8-17H,1-7H3/q4*+1/i1D3,4D3,5D3,6D3,18D;1D3,4D3,18D;1D3,4D3,5D3,6D3,18D;1D3,4D3,5D3,6D3,17D. The highest BCUT2D eigenvalue weighted by molar-refractivity contribution is 6.19. The third-order valence-electron chi connectivity index (χ3n) is 28.2. The summed E-state index contributed by atoms with van der Waals surface area (Å²) in [6.45, 7) is -23.2. The van der Waals surface area contributed by atoms with Gasteiger partial charge in [-0.05, 0) is 226 Å². The number of pyridine rings is 5. The maximum atomic E-state index is 8.68. The molecule has 24 rings (SSSR count). The Morgan fingerprint density at radius 1 is 0.294 bits per heavy atom. The third kappa shape index (κ3) is 13.4. The van der Waals surface area contributed by atoms with E-state index in [1.165, 1.54) is 123 Å². The van der Waals surface area contributed by atoms with Crippen molar-refractivity contribution in [1.82, 2.24) is 4.98 Å². The van der Waals surface area contributed by atoms with Crippen LogP contribution in [0.5, 0.6) is 0 Å². The van der Waals surface area contributed by atoms with Crippen LogP contribution in [0.2, 0.25) is 0 Å². The molecule has 9 nitrogen and oxygen atoms in total. The quantitative estimate of drug-likeness (QED) is 0.142. The van der Waals surface area contributed by atoms with Crippen LogP contribution in [-0.2, 0) is 49.9 Å². The number of benzene rings is 11. The second kappa shape index (κ2) is 32.0. The summed E-state index contributed by atoms with van der Waals surface area (Å²) < 4.78 is 415. The minimum atomic E-state index is -3.00. The first kappa shape index (κ1) is 50.8. The zero-order valence-electron chi connectivity index (χ0n) is 123. The van der Waals surface area contributed by atoms with Crippen LogP contribution in [-0.4, -0.2) is 4.98 Å². The molecule has 20 aromatic rings. The van der Waals surface area contributed by atoms with Crippen molar-refractivity contribution >= 4 is 87.8 Å². The molecule has 11 aromatic carbocycles. The Morgan fingerprint density at radius 2 is 0.662 bits per heavy atom. The second-order valence-electron chi connectivity index (χ2n) is 37.2. The van der Waals surface area contributed by atoms with Gasteiger partial charge in [-0.15, -0.1) is 0 Å². The molecule has 0 fully saturated rings. The van der Waals surface area contributed by atoms with Crippen LogP contribution in [0.3, 0.4) is 0 Å². The van der Waals surface area contributed by atoms with Gasteiger partial charge in [-0.1, -0.05) is 262 Å². The van der Waals surface area contributed by atoms with Gasteiger partial charge in [0.1, 0.15) is 72.9 Å². The maximum absolute atomic E-state index is 8.68. The lowest BCUT2D eigenvalue weighted by Crippen LogP contribution is -2.32. The van der Waals surface area contributed by atoms with Gasteiger partial charge in [0.2, 0.25) is 22.8 Å². The Balaban J connectivity index is 0.000000136. The van der Waals surface area contributed by atoms with Crippen molar-refractivity contribution in [3.8, 4) is 89.5 Å². The number of nitrogens with zero attached hydrogens (tertiary/aromatic N) is 5. The molecule has 0 saturated heterocycles. The Bertz CT molecular complexity index is 10300. The SMILES string of the molecule is [2H]C([2H])([2H])c1cc(-c2c(C)ccc3c2oc2c4c(ccc23)C(C([2H])([2H])[2H])(C([2H])([2H])[2H])c2ncccc2-4)[n+](C)cc1C([2H])(C)C([2H])([2H])[2H].[2H]C([2H])([2H])c1cc(-c2c(C)ccc3c2oc2cc4c(cc23)-c2ccccc2C4(C([2H])([2H])[2H])C([2H])([2H])[2H])[n+](C)cc1C([2H])(C)C([2H])([2H])[2H].[2H]C([2H])([2H])c1cc(-c2c(C)ccc3c2oc2ccc4c(c23)-c2ccccc2C4(C([2H])([2H])[2H])C([2H])([2H])[2H])[n+](C)cc1C([2H])(C)C([2H])([2H])[2H].[2H]C([2H])([2H])c1cc(-c2c(C)ccc3c2oc2ccc4c(c23)C(C)(C)c2ccccc2-4)[n+](C)cc1C([2H])(C)C([2H])([2H])[2H]. The zero-order valence-corrected chi connectivity index (χ0v) is 77.4. The second-order valence-corrected chi connectivity index (χ2v) is 37.2. The first-order chi connectivity index (χ1) is 83.3. The summed E-state index contributed by atoms with van der Waals surface area (Å²) in [6, 6.07) is 59.2. The first-order valence-corrected chi connectivity index (χ1v) is 44.8. The Hall–Kier alpha value is -13.6. The molecule has 0 N–H and O–H groups in total. The van der Waals surface area contributed by atoms with Crippen molar-refractivity contribution in [3.05, 3.63) is 349 Å². The summed E-state index contributed by atoms with van der Waals surface area (Å²) in [7, 11) is 6.63. The molecule has 0 saturated carbocycles. The van der Waals surface area contributed by atoms with Crippen molar-refractivity contribution in [1.29, 1.82) is 0 Å². The molecule has 4 aliphatic rings. The van der Waals surface area contributed by atoms with Crippen LogP contribution in [0.15, 0.2) is 255 Å². The average Bonchev–Trinajstić information content (AvgIpc) is 1.51. The fourth-order valence-corrected chi connectivity index (χ4v) is 21.5. The molecule has 0 amide bonds. The highest BCUT2D eigenvalue weighted by Crippen LogP contribution is 2.59. The molecule has 9 heterocycles. The topological polar surface area (TPSA) is 81.0 Å². The molecule has 4 atom stereocenters. The van der Waals surface area contributed by atoms with Gasteiger partial charge in [-0.3, -0.25) is 4.98 Å². The molecule has 4 unspecified atom stereocenters. The van der Waals surface area contributed by atoms with E-state index in [1.807, 2.05) is 69.3 Å². The number of hydrogen-bond donors (Lipinski definition) is 0. The van der Waals surface area contributed by atoms with Gasteiger partial charge in [0.05, 0.1) is 27.9 Å². The molecule has 0 bridgehead atoms. The lowest BCUT2D eigenvalue weighted by atomic mass is 9.80. The van der Waals surface area contributed by atoms with Crippen LogP contribution in [0, 0.1) is 55.1 Å². The predicted molar refractivity (Wildman–Crippen MR) is 564 cm³/mol. The monoisotopic (exact) mass is 1830 g/mol. The Morgan fingerprint density at radius 3 is 1.15 bits per heavy atom.